The lowest BCUT2D eigenvalue weighted by Gasteiger charge is -2.30. The number of carbonyl (C=O) groups is 17. The third-order valence-electron chi connectivity index (χ3n) is 17.5. The Kier molecular flexibility index (Phi) is 47.7. The Morgan fingerprint density at radius 3 is 1.11 bits per heavy atom. The third-order valence-corrected chi connectivity index (χ3v) is 17.5. The Hall–Kier alpha value is -9.21. The zero-order valence-electron chi connectivity index (χ0n) is 67.0. The van der Waals surface area contributed by atoms with Gasteiger partial charge in [0.15, 0.2) is 0 Å². The molecule has 110 heavy (non-hydrogen) atoms. The number of nitrogens with two attached hydrogens (primary N) is 3. The van der Waals surface area contributed by atoms with Gasteiger partial charge in [0.1, 0.15) is 72.5 Å². The first-order valence-corrected chi connectivity index (χ1v) is 37.7. The number of nitrogens with one attached hydrogen (secondary N) is 16. The fourth-order valence-corrected chi connectivity index (χ4v) is 10.6. The van der Waals surface area contributed by atoms with Crippen LogP contribution < -0.4 is 102 Å². The fourth-order valence-electron chi connectivity index (χ4n) is 10.6. The molecule has 0 unspecified atom stereocenters. The van der Waals surface area contributed by atoms with Crippen LogP contribution in [0.15, 0.2) is 0 Å². The van der Waals surface area contributed by atoms with Crippen LogP contribution in [0.4, 0.5) is 0 Å². The van der Waals surface area contributed by atoms with Crippen molar-refractivity contribution in [2.75, 3.05) is 45.9 Å². The maximum absolute atomic E-state index is 13.9. The predicted molar refractivity (Wildman–Crippen MR) is 404 cm³/mol. The summed E-state index contributed by atoms with van der Waals surface area (Å²) in [6.07, 6.45) is 1.37. The van der Waals surface area contributed by atoms with E-state index in [1.807, 2.05) is 13.8 Å². The zero-order valence-corrected chi connectivity index (χ0v) is 67.0. The second-order valence-corrected chi connectivity index (χ2v) is 29.8. The fraction of sp³-hybridized carbons (Fsp3) is 0.761. The Morgan fingerprint density at radius 1 is 0.327 bits per heavy atom. The van der Waals surface area contributed by atoms with Gasteiger partial charge in [-0.2, -0.15) is 0 Å². The summed E-state index contributed by atoms with van der Waals surface area (Å²) >= 11 is 0. The number of unbranched alkanes of at least 4 members (excludes halogenated alkanes) is 2. The molecule has 628 valence electrons. The number of carboxylic acid groups (broad SMARTS) is 1. The van der Waals surface area contributed by atoms with E-state index in [0.717, 1.165) is 0 Å². The Balaban J connectivity index is 5.65. The number of carbonyl (C=O) groups excluding carboxylic acids is 16. The van der Waals surface area contributed by atoms with Crippen LogP contribution in [0.1, 0.15) is 175 Å². The molecule has 0 saturated carbocycles. The van der Waals surface area contributed by atoms with Gasteiger partial charge in [-0.15, -0.1) is 0 Å². The molecule has 0 bridgehead atoms. The molecular weight excluding hydrogens is 1440 g/mol. The van der Waals surface area contributed by atoms with E-state index >= 15 is 0 Å². The largest absolute Gasteiger partial charge is 0.480 e. The summed E-state index contributed by atoms with van der Waals surface area (Å²) < 4.78 is 0. The van der Waals surface area contributed by atoms with Crippen LogP contribution in [0, 0.1) is 41.4 Å². The minimum atomic E-state index is -1.71. The van der Waals surface area contributed by atoms with Crippen LogP contribution in [0.3, 0.4) is 0 Å². The monoisotopic (exact) mass is 1570 g/mol. The standard InChI is InChI=1S/C71H129N19O20/c1-18-40(14)57(71(109)110)89-70(108)58(43(17)92)90-64(102)46(27-34(2)3)82-60(98)42(16)80-65(103)48(33-91)84-62(100)45(24-20-22-26-73)81-51(95)32-78-66(104)53(36(6)7)85-52(96)30-75-49(93)29-76-59(97)41(15)79-50(94)31-77-67(105)54(37(8)9)87-69(107)56(39(12)13)88-68(106)55(38(10)11)86-63(101)47(28-35(4)5)83-61(99)44(74)23-19-21-25-72/h34-48,53-58,91-92H,18-33,72-74H2,1-17H3,(H,75,93)(H,76,97)(H,77,105)(H,78,104)(H,79,94)(H,80,103)(H,81,95)(H,82,98)(H,83,99)(H,84,100)(H,85,96)(H,86,101)(H,87,107)(H,88,106)(H,89,108)(H,90,102)(H,109,110)/t40-,41-,42-,43+,44-,45-,46-,47-,48-,53-,54-,55-,56-,57-,58-/m0/s1. The third kappa shape index (κ3) is 38.4. The summed E-state index contributed by atoms with van der Waals surface area (Å²) in [5.41, 5.74) is 17.3. The van der Waals surface area contributed by atoms with Crippen LogP contribution in [-0.4, -0.2) is 246 Å². The van der Waals surface area contributed by atoms with Gasteiger partial charge < -0.3 is 118 Å². The van der Waals surface area contributed by atoms with E-state index in [2.05, 4.69) is 85.1 Å². The lowest BCUT2D eigenvalue weighted by molar-refractivity contribution is -0.144. The first-order chi connectivity index (χ1) is 51.3. The maximum Gasteiger partial charge on any atom is 0.326 e. The average molecular weight is 1570 g/mol. The van der Waals surface area contributed by atoms with Gasteiger partial charge in [-0.25, -0.2) is 4.79 Å². The number of amides is 16. The molecule has 39 heteroatoms. The second kappa shape index (κ2) is 52.0. The molecule has 16 amide bonds. The first kappa shape index (κ1) is 101. The molecule has 39 nitrogen and oxygen atoms in total. The van der Waals surface area contributed by atoms with Crippen LogP contribution in [0.5, 0.6) is 0 Å². The van der Waals surface area contributed by atoms with E-state index < -0.39 is 248 Å². The Bertz CT molecular complexity index is 3060. The van der Waals surface area contributed by atoms with E-state index in [-0.39, 0.29) is 44.1 Å². The highest BCUT2D eigenvalue weighted by atomic mass is 16.4. The molecule has 0 aliphatic carbocycles. The highest BCUT2D eigenvalue weighted by molar-refractivity contribution is 6.00. The topological polar surface area (TPSA) is 621 Å². The molecule has 0 aliphatic rings. The van der Waals surface area contributed by atoms with E-state index in [9.17, 15) is 96.8 Å². The van der Waals surface area contributed by atoms with E-state index in [0.29, 0.717) is 38.6 Å². The molecule has 0 aromatic rings. The molecule has 25 N–H and O–H groups in total. The molecule has 0 rings (SSSR count). The molecule has 0 heterocycles. The highest BCUT2D eigenvalue weighted by Crippen LogP contribution is 2.15. The lowest BCUT2D eigenvalue weighted by atomic mass is 9.97. The van der Waals surface area contributed by atoms with Crippen molar-refractivity contribution in [1.29, 1.82) is 0 Å². The molecule has 0 aromatic heterocycles. The van der Waals surface area contributed by atoms with Crippen molar-refractivity contribution in [3.63, 3.8) is 0 Å². The van der Waals surface area contributed by atoms with Gasteiger partial charge in [0.2, 0.25) is 94.5 Å². The number of hydrogen-bond acceptors (Lipinski definition) is 22. The van der Waals surface area contributed by atoms with Crippen LogP contribution in [0.2, 0.25) is 0 Å². The SMILES string of the molecule is CC[C@H](C)[C@H](NC(=O)[C@@H](NC(=O)[C@H](CC(C)C)NC(=O)[C@H](C)NC(=O)[C@H](CO)NC(=O)[C@H](CCCCN)NC(=O)CNC(=O)[C@@H](NC(=O)CNC(=O)CNC(=O)[C@H](C)NC(=O)CNC(=O)[C@@H](NC(=O)[C@@H](NC(=O)[C@@H](NC(=O)[C@H](CC(C)C)NC(=O)[C@@H](N)CCCCN)C(C)C)C(C)C)C(C)C)C(C)C)[C@@H](C)O)C(=O)O. The van der Waals surface area contributed by atoms with Crippen LogP contribution >= 0.6 is 0 Å². The molecule has 0 fully saturated rings. The average Bonchev–Trinajstić information content (AvgIpc) is 0.832. The minimum absolute atomic E-state index is 0.00240. The minimum Gasteiger partial charge on any atom is -0.480 e. The number of aliphatic hydroxyl groups is 2. The van der Waals surface area contributed by atoms with Gasteiger partial charge in [-0.1, -0.05) is 110 Å². The maximum atomic E-state index is 13.9. The Labute approximate surface area is 644 Å². The number of aliphatic carboxylic acids is 1. The molecular formula is C71H129N19O20. The van der Waals surface area contributed by atoms with E-state index in [1.54, 1.807) is 83.1 Å². The van der Waals surface area contributed by atoms with Crippen molar-refractivity contribution in [3.8, 4) is 0 Å². The molecule has 0 aliphatic heterocycles. The van der Waals surface area contributed by atoms with Gasteiger partial charge in [-0.05, 0) is 120 Å². The van der Waals surface area contributed by atoms with Gasteiger partial charge in [0.05, 0.1) is 44.9 Å². The quantitative estimate of drug-likeness (QED) is 0.0252. The summed E-state index contributed by atoms with van der Waals surface area (Å²) in [6.45, 7) is 24.1. The summed E-state index contributed by atoms with van der Waals surface area (Å²) in [5.74, 6) is -17.7. The lowest BCUT2D eigenvalue weighted by Crippen LogP contribution is -2.61. The predicted octanol–water partition coefficient (Wildman–Crippen LogP) is -5.89. The Morgan fingerprint density at radius 2 is 0.673 bits per heavy atom. The van der Waals surface area contributed by atoms with Crippen molar-refractivity contribution in [1.82, 2.24) is 85.1 Å². The molecule has 0 radical (unpaired) electrons. The number of hydrogen-bond donors (Lipinski definition) is 22. The summed E-state index contributed by atoms with van der Waals surface area (Å²) in [7, 11) is 0. The van der Waals surface area contributed by atoms with Crippen molar-refractivity contribution in [2.45, 2.75) is 260 Å². The van der Waals surface area contributed by atoms with Crippen LogP contribution in [0.25, 0.3) is 0 Å². The smallest absolute Gasteiger partial charge is 0.326 e. The van der Waals surface area contributed by atoms with Gasteiger partial charge in [0, 0.05) is 0 Å². The van der Waals surface area contributed by atoms with Gasteiger partial charge in [0.25, 0.3) is 0 Å². The van der Waals surface area contributed by atoms with Gasteiger partial charge >= 0.3 is 5.97 Å². The summed E-state index contributed by atoms with van der Waals surface area (Å²) in [4.78, 5) is 226. The first-order valence-electron chi connectivity index (χ1n) is 37.7. The normalized spacial score (nSPS) is 15.5. The zero-order chi connectivity index (χ0) is 84.6. The number of carboxylic acids is 1. The number of aliphatic hydroxyl groups excluding tert-OH is 2. The summed E-state index contributed by atoms with van der Waals surface area (Å²) in [6, 6.07) is -16.9. The van der Waals surface area contributed by atoms with E-state index in [1.165, 1.54) is 20.8 Å². The molecule has 0 aromatic carbocycles. The highest BCUT2D eigenvalue weighted by Gasteiger charge is 2.39. The number of rotatable bonds is 53. The van der Waals surface area contributed by atoms with Crippen molar-refractivity contribution in [2.24, 2.45) is 58.6 Å². The van der Waals surface area contributed by atoms with Crippen molar-refractivity contribution >= 4 is 100 Å². The van der Waals surface area contributed by atoms with Crippen molar-refractivity contribution < 1.29 is 96.8 Å². The van der Waals surface area contributed by atoms with Gasteiger partial charge in [-0.3, -0.25) is 76.7 Å². The van der Waals surface area contributed by atoms with Crippen molar-refractivity contribution in [3.05, 3.63) is 0 Å². The van der Waals surface area contributed by atoms with E-state index in [4.69, 9.17) is 17.2 Å². The second-order valence-electron chi connectivity index (χ2n) is 29.8. The summed E-state index contributed by atoms with van der Waals surface area (Å²) in [5, 5.41) is 69.6. The molecule has 0 spiro atoms. The molecule has 15 atom stereocenters. The van der Waals surface area contributed by atoms with Crippen LogP contribution in [-0.2, 0) is 81.5 Å². The molecule has 0 saturated heterocycles.